The van der Waals surface area contributed by atoms with E-state index in [1.807, 2.05) is 71.2 Å². The number of para-hydroxylation sites is 1. The standard InChI is InChI=1S/C36H47N5O2/c1-36(2,3)19-21-41(25-33-38-20-22-40(33)4)34(42)18-16-30(26-11-7-5-8-12-26)31-24-27-23-29(15-17-32(27)39-35(31)37)43-28-13-9-6-10-14-28/h6,9-10,13-15,17,20,22-24,26,30H,5,7-8,11-12,16,18-19,21,25H2,1-4H3,(H2,37,39)/t30-/m0/s1. The van der Waals surface area contributed by atoms with E-state index in [1.54, 1.807) is 6.20 Å². The van der Waals surface area contributed by atoms with E-state index in [-0.39, 0.29) is 17.2 Å². The molecule has 7 heteroatoms. The normalized spacial score (nSPS) is 15.0. The Labute approximate surface area is 256 Å². The average Bonchev–Trinajstić information content (AvgIpc) is 3.40. The van der Waals surface area contributed by atoms with Crippen molar-refractivity contribution in [2.75, 3.05) is 12.3 Å². The van der Waals surface area contributed by atoms with Crippen molar-refractivity contribution in [2.24, 2.45) is 18.4 Å². The van der Waals surface area contributed by atoms with Gasteiger partial charge in [-0.1, -0.05) is 58.2 Å². The summed E-state index contributed by atoms with van der Waals surface area (Å²) in [6.07, 6.45) is 12.0. The highest BCUT2D eigenvalue weighted by molar-refractivity contribution is 5.83. The molecule has 0 bridgehead atoms. The summed E-state index contributed by atoms with van der Waals surface area (Å²) in [5, 5.41) is 1.01. The molecular formula is C36H47N5O2. The molecule has 1 aliphatic carbocycles. The van der Waals surface area contributed by atoms with E-state index in [0.717, 1.165) is 59.5 Å². The monoisotopic (exact) mass is 581 g/mol. The van der Waals surface area contributed by atoms with E-state index in [2.05, 4.69) is 31.8 Å². The number of amides is 1. The van der Waals surface area contributed by atoms with Crippen molar-refractivity contribution in [3.63, 3.8) is 0 Å². The van der Waals surface area contributed by atoms with Crippen LogP contribution in [0.15, 0.2) is 67.0 Å². The van der Waals surface area contributed by atoms with E-state index >= 15 is 0 Å². The number of ether oxygens (including phenoxy) is 1. The minimum absolute atomic E-state index is 0.138. The van der Waals surface area contributed by atoms with E-state index < -0.39 is 0 Å². The lowest BCUT2D eigenvalue weighted by atomic mass is 9.74. The number of benzene rings is 2. The summed E-state index contributed by atoms with van der Waals surface area (Å²) in [4.78, 5) is 25.2. The molecule has 228 valence electrons. The molecule has 1 aliphatic rings. The summed E-state index contributed by atoms with van der Waals surface area (Å²) >= 11 is 0. The Hall–Kier alpha value is -3.87. The molecule has 0 saturated heterocycles. The van der Waals surface area contributed by atoms with Gasteiger partial charge in [-0.2, -0.15) is 0 Å². The number of fused-ring (bicyclic) bond motifs is 1. The first-order chi connectivity index (χ1) is 20.7. The molecule has 2 N–H and O–H groups in total. The first-order valence-electron chi connectivity index (χ1n) is 15.8. The van der Waals surface area contributed by atoms with Crippen LogP contribution in [0.4, 0.5) is 5.82 Å². The van der Waals surface area contributed by atoms with Crippen molar-refractivity contribution in [1.29, 1.82) is 0 Å². The number of aromatic nitrogens is 3. The van der Waals surface area contributed by atoms with Gasteiger partial charge in [0.05, 0.1) is 12.1 Å². The smallest absolute Gasteiger partial charge is 0.222 e. The van der Waals surface area contributed by atoms with Gasteiger partial charge in [0.15, 0.2) is 0 Å². The average molecular weight is 582 g/mol. The highest BCUT2D eigenvalue weighted by Crippen LogP contribution is 2.42. The van der Waals surface area contributed by atoms with Gasteiger partial charge in [-0.25, -0.2) is 9.97 Å². The van der Waals surface area contributed by atoms with Crippen molar-refractivity contribution in [3.05, 3.63) is 78.4 Å². The fraction of sp³-hybridized carbons (Fsp3) is 0.472. The number of hydrogen-bond acceptors (Lipinski definition) is 5. The molecule has 7 nitrogen and oxygen atoms in total. The lowest BCUT2D eigenvalue weighted by Crippen LogP contribution is -2.34. The van der Waals surface area contributed by atoms with E-state index in [0.29, 0.717) is 31.2 Å². The third-order valence-corrected chi connectivity index (χ3v) is 8.85. The molecule has 0 radical (unpaired) electrons. The number of aryl methyl sites for hydroxylation is 1. The van der Waals surface area contributed by atoms with Gasteiger partial charge >= 0.3 is 0 Å². The number of imidazole rings is 1. The number of carbonyl (C=O) groups is 1. The van der Waals surface area contributed by atoms with E-state index in [4.69, 9.17) is 15.5 Å². The second-order valence-corrected chi connectivity index (χ2v) is 13.4. The predicted octanol–water partition coefficient (Wildman–Crippen LogP) is 8.25. The summed E-state index contributed by atoms with van der Waals surface area (Å²) in [5.41, 5.74) is 8.73. The largest absolute Gasteiger partial charge is 0.457 e. The van der Waals surface area contributed by atoms with Crippen LogP contribution >= 0.6 is 0 Å². The zero-order chi connectivity index (χ0) is 30.4. The lowest BCUT2D eigenvalue weighted by Gasteiger charge is -2.32. The molecule has 2 aromatic heterocycles. The summed E-state index contributed by atoms with van der Waals surface area (Å²) in [6, 6.07) is 18.0. The van der Waals surface area contributed by atoms with Gasteiger partial charge in [-0.15, -0.1) is 0 Å². The van der Waals surface area contributed by atoms with Gasteiger partial charge in [-0.05, 0) is 84.9 Å². The fourth-order valence-electron chi connectivity index (χ4n) is 6.27. The number of nitrogens with two attached hydrogens (primary N) is 1. The number of nitrogens with zero attached hydrogens (tertiary/aromatic N) is 4. The predicted molar refractivity (Wildman–Crippen MR) is 174 cm³/mol. The van der Waals surface area contributed by atoms with Gasteiger partial charge in [0.25, 0.3) is 0 Å². The summed E-state index contributed by atoms with van der Waals surface area (Å²) in [7, 11) is 1.99. The molecule has 2 heterocycles. The van der Waals surface area contributed by atoms with Gasteiger partial charge in [0.1, 0.15) is 23.1 Å². The number of rotatable bonds is 11. The topological polar surface area (TPSA) is 86.3 Å². The molecule has 2 aromatic carbocycles. The molecule has 0 aliphatic heterocycles. The maximum atomic E-state index is 13.9. The van der Waals surface area contributed by atoms with Crippen molar-refractivity contribution in [2.45, 2.75) is 84.6 Å². The van der Waals surface area contributed by atoms with Crippen LogP contribution in [-0.2, 0) is 18.4 Å². The molecule has 1 saturated carbocycles. The molecule has 0 unspecified atom stereocenters. The van der Waals surface area contributed by atoms with Crippen molar-refractivity contribution >= 4 is 22.6 Å². The lowest BCUT2D eigenvalue weighted by molar-refractivity contribution is -0.132. The maximum Gasteiger partial charge on any atom is 0.222 e. The molecule has 1 fully saturated rings. The first kappa shape index (κ1) is 30.6. The van der Waals surface area contributed by atoms with E-state index in [9.17, 15) is 4.79 Å². The molecule has 43 heavy (non-hydrogen) atoms. The highest BCUT2D eigenvalue weighted by atomic mass is 16.5. The minimum atomic E-state index is 0.138. The molecule has 4 aromatic rings. The second-order valence-electron chi connectivity index (χ2n) is 13.4. The Balaban J connectivity index is 1.39. The Morgan fingerprint density at radius 1 is 1.07 bits per heavy atom. The van der Waals surface area contributed by atoms with E-state index in [1.165, 1.54) is 19.3 Å². The fourth-order valence-corrected chi connectivity index (χ4v) is 6.27. The number of hydrogen-bond donors (Lipinski definition) is 1. The summed E-state index contributed by atoms with van der Waals surface area (Å²) < 4.78 is 8.12. The third-order valence-electron chi connectivity index (χ3n) is 8.85. The van der Waals surface area contributed by atoms with Gasteiger partial charge in [0, 0.05) is 37.8 Å². The summed E-state index contributed by atoms with van der Waals surface area (Å²) in [5.74, 6) is 3.89. The van der Waals surface area contributed by atoms with Crippen molar-refractivity contribution in [1.82, 2.24) is 19.4 Å². The maximum absolute atomic E-state index is 13.9. The molecular weight excluding hydrogens is 534 g/mol. The zero-order valence-corrected chi connectivity index (χ0v) is 26.3. The first-order valence-corrected chi connectivity index (χ1v) is 15.8. The Bertz CT molecular complexity index is 1500. The quantitative estimate of drug-likeness (QED) is 0.193. The molecule has 1 amide bonds. The van der Waals surface area contributed by atoms with Gasteiger partial charge < -0.3 is 19.9 Å². The Kier molecular flexibility index (Phi) is 9.69. The highest BCUT2D eigenvalue weighted by Gasteiger charge is 2.29. The number of pyridine rings is 1. The van der Waals surface area contributed by atoms with Crippen molar-refractivity contribution in [3.8, 4) is 11.5 Å². The molecule has 0 spiro atoms. The Morgan fingerprint density at radius 3 is 2.53 bits per heavy atom. The van der Waals surface area contributed by atoms with Crippen LogP contribution in [0.5, 0.6) is 11.5 Å². The SMILES string of the molecule is Cn1ccnc1CN(CCC(C)(C)C)C(=O)CC[C@H](c1cc2cc(Oc3ccccc3)ccc2nc1N)C1CCCCC1. The van der Waals surface area contributed by atoms with Gasteiger partial charge in [0.2, 0.25) is 5.91 Å². The molecule has 5 rings (SSSR count). The van der Waals surface area contributed by atoms with Crippen LogP contribution in [0, 0.1) is 11.3 Å². The van der Waals surface area contributed by atoms with Crippen LogP contribution < -0.4 is 10.5 Å². The molecule has 1 atom stereocenters. The number of nitrogen functional groups attached to an aromatic ring is 1. The van der Waals surface area contributed by atoms with Crippen molar-refractivity contribution < 1.29 is 9.53 Å². The zero-order valence-electron chi connectivity index (χ0n) is 26.3. The van der Waals surface area contributed by atoms with Gasteiger partial charge in [-0.3, -0.25) is 4.79 Å². The number of anilines is 1. The number of carbonyl (C=O) groups excluding carboxylic acids is 1. The van der Waals surface area contributed by atoms with Crippen LogP contribution in [-0.4, -0.2) is 31.9 Å². The van der Waals surface area contributed by atoms with Crippen LogP contribution in [0.1, 0.15) is 89.4 Å². The van der Waals surface area contributed by atoms with Crippen LogP contribution in [0.2, 0.25) is 0 Å². The van der Waals surface area contributed by atoms with Crippen LogP contribution in [0.25, 0.3) is 10.9 Å². The second kappa shape index (κ2) is 13.6. The third kappa shape index (κ3) is 8.15. The van der Waals surface area contributed by atoms with Crippen LogP contribution in [0.3, 0.4) is 0 Å². The Morgan fingerprint density at radius 2 is 1.84 bits per heavy atom. The summed E-state index contributed by atoms with van der Waals surface area (Å²) in [6.45, 7) is 7.91. The minimum Gasteiger partial charge on any atom is -0.457 e.